The number of hydrogen-bond donors (Lipinski definition) is 1. The van der Waals surface area contributed by atoms with E-state index in [0.717, 1.165) is 0 Å². The first-order valence-electron chi connectivity index (χ1n) is 6.64. The summed E-state index contributed by atoms with van der Waals surface area (Å²) in [6, 6.07) is 0. The SMILES string of the molecule is CC(C)(CCCN(C(F)(F)F)C(F)(F)F)CC(C)(C)C(=O)O. The average Bonchev–Trinajstić information content (AvgIpc) is 2.18. The third kappa shape index (κ3) is 6.85. The molecule has 0 spiro atoms. The van der Waals surface area contributed by atoms with Crippen LogP contribution in [0.15, 0.2) is 0 Å². The summed E-state index contributed by atoms with van der Waals surface area (Å²) in [7, 11) is 0. The molecule has 0 rings (SSSR count). The molecule has 0 saturated heterocycles. The number of carbonyl (C=O) groups is 1. The van der Waals surface area contributed by atoms with Gasteiger partial charge in [0.2, 0.25) is 0 Å². The minimum absolute atomic E-state index is 0.0480. The van der Waals surface area contributed by atoms with Crippen molar-refractivity contribution >= 4 is 5.97 Å². The third-order valence-electron chi connectivity index (χ3n) is 3.35. The Hall–Kier alpha value is -0.990. The number of rotatable bonds is 7. The van der Waals surface area contributed by atoms with E-state index in [1.165, 1.54) is 13.8 Å². The lowest BCUT2D eigenvalue weighted by Gasteiger charge is -2.33. The molecule has 0 heterocycles. The Morgan fingerprint density at radius 2 is 1.36 bits per heavy atom. The summed E-state index contributed by atoms with van der Waals surface area (Å²) < 4.78 is 74.0. The zero-order chi connectivity index (χ0) is 18.0. The number of alkyl halides is 6. The number of nitrogens with zero attached hydrogens (tertiary/aromatic N) is 1. The van der Waals surface area contributed by atoms with Crippen LogP contribution in [-0.4, -0.2) is 35.1 Å². The van der Waals surface area contributed by atoms with Crippen LogP contribution in [0.5, 0.6) is 0 Å². The molecule has 1 N–H and O–H groups in total. The highest BCUT2D eigenvalue weighted by atomic mass is 19.4. The van der Waals surface area contributed by atoms with E-state index in [2.05, 4.69) is 0 Å². The predicted molar refractivity (Wildman–Crippen MR) is 67.9 cm³/mol. The molecule has 22 heavy (non-hydrogen) atoms. The van der Waals surface area contributed by atoms with Crippen molar-refractivity contribution in [3.8, 4) is 0 Å². The van der Waals surface area contributed by atoms with Crippen LogP contribution in [0.25, 0.3) is 0 Å². The van der Waals surface area contributed by atoms with Gasteiger partial charge in [-0.25, -0.2) is 0 Å². The van der Waals surface area contributed by atoms with Crippen molar-refractivity contribution < 1.29 is 36.2 Å². The van der Waals surface area contributed by atoms with E-state index in [-0.39, 0.29) is 19.3 Å². The largest absolute Gasteiger partial charge is 0.481 e. The Labute approximate surface area is 125 Å². The summed E-state index contributed by atoms with van der Waals surface area (Å²) in [5.74, 6) is -1.06. The quantitative estimate of drug-likeness (QED) is 0.544. The van der Waals surface area contributed by atoms with E-state index in [1.807, 2.05) is 0 Å². The molecular weight excluding hydrogens is 316 g/mol. The van der Waals surface area contributed by atoms with Crippen LogP contribution >= 0.6 is 0 Å². The Bertz CT molecular complexity index is 373. The van der Waals surface area contributed by atoms with Crippen LogP contribution < -0.4 is 0 Å². The highest BCUT2D eigenvalue weighted by molar-refractivity contribution is 5.73. The monoisotopic (exact) mass is 337 g/mol. The fourth-order valence-electron chi connectivity index (χ4n) is 2.47. The lowest BCUT2D eigenvalue weighted by molar-refractivity contribution is -0.373. The Balaban J connectivity index is 4.70. The summed E-state index contributed by atoms with van der Waals surface area (Å²) in [5, 5.41) is 9.03. The highest BCUT2D eigenvalue weighted by Gasteiger charge is 2.53. The number of aliphatic carboxylic acids is 1. The first kappa shape index (κ1) is 21.0. The number of halogens is 6. The van der Waals surface area contributed by atoms with Crippen LogP contribution in [0, 0.1) is 10.8 Å². The van der Waals surface area contributed by atoms with Crippen LogP contribution in [0.3, 0.4) is 0 Å². The third-order valence-corrected chi connectivity index (χ3v) is 3.35. The van der Waals surface area contributed by atoms with Crippen molar-refractivity contribution in [1.29, 1.82) is 0 Å². The molecule has 0 aromatic carbocycles. The van der Waals surface area contributed by atoms with E-state index in [4.69, 9.17) is 5.11 Å². The Morgan fingerprint density at radius 3 is 1.68 bits per heavy atom. The molecule has 0 aliphatic carbocycles. The fraction of sp³-hybridized carbons (Fsp3) is 0.923. The minimum atomic E-state index is -5.48. The molecule has 3 nitrogen and oxygen atoms in total. The predicted octanol–water partition coefficient (Wildman–Crippen LogP) is 4.64. The van der Waals surface area contributed by atoms with Crippen molar-refractivity contribution in [2.75, 3.05) is 6.54 Å². The summed E-state index contributed by atoms with van der Waals surface area (Å²) in [5.41, 5.74) is -1.79. The van der Waals surface area contributed by atoms with Gasteiger partial charge in [-0.3, -0.25) is 4.79 Å². The van der Waals surface area contributed by atoms with Crippen molar-refractivity contribution in [3.05, 3.63) is 0 Å². The van der Waals surface area contributed by atoms with Crippen LogP contribution in [0.2, 0.25) is 0 Å². The minimum Gasteiger partial charge on any atom is -0.481 e. The molecule has 0 atom stereocenters. The molecule has 0 unspecified atom stereocenters. The lowest BCUT2D eigenvalue weighted by Crippen LogP contribution is -2.48. The van der Waals surface area contributed by atoms with Gasteiger partial charge in [0.05, 0.1) is 5.41 Å². The van der Waals surface area contributed by atoms with Gasteiger partial charge in [0.1, 0.15) is 0 Å². The molecule has 0 aliphatic rings. The summed E-state index contributed by atoms with van der Waals surface area (Å²) in [6.45, 7) is 4.99. The van der Waals surface area contributed by atoms with Gasteiger partial charge in [0, 0.05) is 6.54 Å². The standard InChI is InChI=1S/C13H21F6NO2/c1-10(2,8-11(3,4)9(21)22)6-5-7-20(12(14,15)16)13(17,18)19/h5-8H2,1-4H3,(H,21,22). The van der Waals surface area contributed by atoms with Crippen molar-refractivity contribution in [2.45, 2.75) is 59.6 Å². The van der Waals surface area contributed by atoms with Crippen LogP contribution in [0.4, 0.5) is 26.3 Å². The van der Waals surface area contributed by atoms with E-state index in [9.17, 15) is 31.1 Å². The number of carboxylic acids is 1. The van der Waals surface area contributed by atoms with Gasteiger partial charge in [0.15, 0.2) is 0 Å². The molecule has 9 heteroatoms. The van der Waals surface area contributed by atoms with Crippen molar-refractivity contribution in [3.63, 3.8) is 0 Å². The van der Waals surface area contributed by atoms with E-state index < -0.39 is 40.8 Å². The molecule has 0 aromatic heterocycles. The molecule has 0 saturated carbocycles. The normalized spacial score (nSPS) is 14.5. The second-order valence-electron chi connectivity index (χ2n) is 6.72. The highest BCUT2D eigenvalue weighted by Crippen LogP contribution is 2.39. The second-order valence-corrected chi connectivity index (χ2v) is 6.72. The fourth-order valence-corrected chi connectivity index (χ4v) is 2.47. The molecule has 0 aromatic rings. The van der Waals surface area contributed by atoms with Gasteiger partial charge in [-0.05, 0) is 38.5 Å². The topological polar surface area (TPSA) is 40.5 Å². The first-order valence-corrected chi connectivity index (χ1v) is 6.64. The zero-order valence-corrected chi connectivity index (χ0v) is 12.9. The molecule has 0 radical (unpaired) electrons. The van der Waals surface area contributed by atoms with Gasteiger partial charge < -0.3 is 5.11 Å². The summed E-state index contributed by atoms with van der Waals surface area (Å²) >= 11 is 0. The van der Waals surface area contributed by atoms with E-state index in [0.29, 0.717) is 0 Å². The molecule has 0 amide bonds. The van der Waals surface area contributed by atoms with Gasteiger partial charge in [-0.15, -0.1) is 4.90 Å². The zero-order valence-electron chi connectivity index (χ0n) is 12.9. The molecular formula is C13H21F6NO2. The van der Waals surface area contributed by atoms with Crippen molar-refractivity contribution in [1.82, 2.24) is 4.90 Å². The van der Waals surface area contributed by atoms with E-state index >= 15 is 0 Å². The Morgan fingerprint density at radius 1 is 0.955 bits per heavy atom. The Kier molecular flexibility index (Phi) is 6.34. The van der Waals surface area contributed by atoms with Crippen LogP contribution in [-0.2, 0) is 4.79 Å². The molecule has 132 valence electrons. The van der Waals surface area contributed by atoms with Gasteiger partial charge in [-0.1, -0.05) is 13.8 Å². The van der Waals surface area contributed by atoms with Gasteiger partial charge in [0.25, 0.3) is 0 Å². The summed E-state index contributed by atoms with van der Waals surface area (Å²) in [6.07, 6.45) is -11.1. The maximum Gasteiger partial charge on any atom is 0.467 e. The average molecular weight is 337 g/mol. The molecule has 0 fully saturated rings. The lowest BCUT2D eigenvalue weighted by atomic mass is 9.73. The smallest absolute Gasteiger partial charge is 0.467 e. The van der Waals surface area contributed by atoms with Gasteiger partial charge in [-0.2, -0.15) is 26.3 Å². The maximum atomic E-state index is 12.3. The summed E-state index contributed by atoms with van der Waals surface area (Å²) in [4.78, 5) is 9.58. The molecule has 0 aliphatic heterocycles. The second kappa shape index (κ2) is 6.64. The van der Waals surface area contributed by atoms with Crippen LogP contribution in [0.1, 0.15) is 47.0 Å². The van der Waals surface area contributed by atoms with Gasteiger partial charge >= 0.3 is 18.6 Å². The molecule has 0 bridgehead atoms. The van der Waals surface area contributed by atoms with E-state index in [1.54, 1.807) is 13.8 Å². The maximum absolute atomic E-state index is 12.3. The van der Waals surface area contributed by atoms with Crippen molar-refractivity contribution in [2.24, 2.45) is 10.8 Å². The number of carboxylic acid groups (broad SMARTS) is 1. The first-order chi connectivity index (χ1) is 9.49. The number of hydrogen-bond acceptors (Lipinski definition) is 2.